The van der Waals surface area contributed by atoms with E-state index in [9.17, 15) is 23.5 Å². The number of alkyl halides is 2. The lowest BCUT2D eigenvalue weighted by Crippen LogP contribution is -2.43. The van der Waals surface area contributed by atoms with Crippen LogP contribution in [0.25, 0.3) is 10.9 Å². The van der Waals surface area contributed by atoms with Gasteiger partial charge in [-0.05, 0) is 80.8 Å². The van der Waals surface area contributed by atoms with Crippen LogP contribution in [0.3, 0.4) is 0 Å². The highest BCUT2D eigenvalue weighted by atomic mass is 19.3. The monoisotopic (exact) mass is 526 g/mol. The van der Waals surface area contributed by atoms with Crippen molar-refractivity contribution in [3.05, 3.63) is 53.3 Å². The average molecular weight is 527 g/mol. The summed E-state index contributed by atoms with van der Waals surface area (Å²) in [7, 11) is 0. The van der Waals surface area contributed by atoms with Gasteiger partial charge in [-0.25, -0.2) is 14.5 Å². The molecule has 38 heavy (non-hydrogen) atoms. The number of benzene rings is 1. The molecule has 2 aromatic heterocycles. The molecule has 0 spiro atoms. The molecule has 2 aliphatic heterocycles. The standard InChI is InChI=1S/C27H32F2N6O3/c28-27(29)35-23-8-5-19(14-20(23)15-31-35)25(36)33-22(26(37)38)10-13-34-12-9-17(16-34)3-6-21-7-4-18-2-1-11-30-24(18)32-21/h4-5,7-8,14-15,17,22,27H,1-3,6,9-13,16H2,(H,30,32)(H,33,36)(H,37,38)/t17-,22?/m1/s1. The van der Waals surface area contributed by atoms with Crippen LogP contribution in [0.2, 0.25) is 0 Å². The van der Waals surface area contributed by atoms with Gasteiger partial charge in [0.15, 0.2) is 0 Å². The number of nitrogens with one attached hydrogen (secondary N) is 2. The first-order valence-electron chi connectivity index (χ1n) is 13.1. The molecule has 2 atom stereocenters. The first-order chi connectivity index (χ1) is 18.4. The molecular formula is C27H32F2N6O3. The Bertz CT molecular complexity index is 1310. The van der Waals surface area contributed by atoms with Crippen LogP contribution in [0.1, 0.15) is 53.8 Å². The van der Waals surface area contributed by atoms with E-state index in [1.54, 1.807) is 0 Å². The summed E-state index contributed by atoms with van der Waals surface area (Å²) in [6.07, 6.45) is 6.76. The Morgan fingerprint density at radius 2 is 2.11 bits per heavy atom. The van der Waals surface area contributed by atoms with Crippen LogP contribution in [-0.2, 0) is 17.6 Å². The van der Waals surface area contributed by atoms with Crippen LogP contribution in [0.5, 0.6) is 0 Å². The summed E-state index contributed by atoms with van der Waals surface area (Å²) in [6, 6.07) is 7.48. The first-order valence-corrected chi connectivity index (χ1v) is 13.1. The van der Waals surface area contributed by atoms with Crippen molar-refractivity contribution in [2.75, 3.05) is 31.5 Å². The van der Waals surface area contributed by atoms with Gasteiger partial charge in [-0.1, -0.05) is 6.07 Å². The number of carbonyl (C=O) groups excluding carboxylic acids is 1. The third-order valence-corrected chi connectivity index (χ3v) is 7.51. The topological polar surface area (TPSA) is 112 Å². The molecule has 11 heteroatoms. The Hall–Kier alpha value is -3.60. The minimum absolute atomic E-state index is 0.199. The van der Waals surface area contributed by atoms with E-state index < -0.39 is 24.5 Å². The van der Waals surface area contributed by atoms with Gasteiger partial charge in [0.05, 0.1) is 11.7 Å². The van der Waals surface area contributed by atoms with Crippen LogP contribution >= 0.6 is 0 Å². The molecule has 9 nitrogen and oxygen atoms in total. The first kappa shape index (κ1) is 26.0. The molecule has 2 aliphatic rings. The molecule has 1 amide bonds. The molecule has 0 bridgehead atoms. The minimum atomic E-state index is -2.79. The minimum Gasteiger partial charge on any atom is -0.480 e. The van der Waals surface area contributed by atoms with Gasteiger partial charge in [-0.2, -0.15) is 13.9 Å². The molecular weight excluding hydrogens is 494 g/mol. The van der Waals surface area contributed by atoms with E-state index in [0.29, 0.717) is 22.5 Å². The van der Waals surface area contributed by atoms with Crippen LogP contribution in [0, 0.1) is 5.92 Å². The summed E-state index contributed by atoms with van der Waals surface area (Å²) in [5, 5.41) is 19.7. The van der Waals surface area contributed by atoms with E-state index in [2.05, 4.69) is 32.8 Å². The highest BCUT2D eigenvalue weighted by molar-refractivity contribution is 5.99. The number of hydrogen-bond donors (Lipinski definition) is 3. The molecule has 1 saturated heterocycles. The van der Waals surface area contributed by atoms with Crippen molar-refractivity contribution in [2.24, 2.45) is 5.92 Å². The summed E-state index contributed by atoms with van der Waals surface area (Å²) in [5.41, 5.74) is 2.79. The maximum atomic E-state index is 13.0. The maximum absolute atomic E-state index is 13.0. The fraction of sp³-hybridized carbons (Fsp3) is 0.481. The molecule has 1 aromatic carbocycles. The van der Waals surface area contributed by atoms with Crippen LogP contribution in [0.4, 0.5) is 14.6 Å². The number of aliphatic carboxylic acids is 1. The summed E-state index contributed by atoms with van der Waals surface area (Å²) in [5.74, 6) is -0.116. The number of halogens is 2. The number of pyridine rings is 1. The zero-order valence-electron chi connectivity index (χ0n) is 21.1. The Morgan fingerprint density at radius 3 is 2.92 bits per heavy atom. The molecule has 4 heterocycles. The van der Waals surface area contributed by atoms with Crippen LogP contribution in [0.15, 0.2) is 36.5 Å². The summed E-state index contributed by atoms with van der Waals surface area (Å²) in [4.78, 5) is 31.6. The normalized spacial score (nSPS) is 18.3. The third kappa shape index (κ3) is 5.93. The molecule has 5 rings (SSSR count). The molecule has 0 radical (unpaired) electrons. The average Bonchev–Trinajstić information content (AvgIpc) is 3.56. The van der Waals surface area contributed by atoms with Crippen molar-refractivity contribution in [2.45, 2.75) is 51.1 Å². The van der Waals surface area contributed by atoms with E-state index in [0.717, 1.165) is 63.3 Å². The van der Waals surface area contributed by atoms with Gasteiger partial charge < -0.3 is 20.6 Å². The van der Waals surface area contributed by atoms with Crippen LogP contribution < -0.4 is 10.6 Å². The predicted octanol–water partition coefficient (Wildman–Crippen LogP) is 3.71. The lowest BCUT2D eigenvalue weighted by Gasteiger charge is -2.20. The number of aromatic nitrogens is 3. The second-order valence-corrected chi connectivity index (χ2v) is 10.1. The fourth-order valence-corrected chi connectivity index (χ4v) is 5.37. The van der Waals surface area contributed by atoms with E-state index in [1.807, 2.05) is 0 Å². The van der Waals surface area contributed by atoms with Crippen molar-refractivity contribution in [3.63, 3.8) is 0 Å². The Labute approximate surface area is 219 Å². The predicted molar refractivity (Wildman–Crippen MR) is 138 cm³/mol. The van der Waals surface area contributed by atoms with Crippen molar-refractivity contribution in [1.82, 2.24) is 25.0 Å². The zero-order valence-corrected chi connectivity index (χ0v) is 21.1. The van der Waals surface area contributed by atoms with Gasteiger partial charge in [-0.3, -0.25) is 4.79 Å². The summed E-state index contributed by atoms with van der Waals surface area (Å²) in [6.45, 7) is 0.547. The van der Waals surface area contributed by atoms with Gasteiger partial charge in [0.25, 0.3) is 5.91 Å². The number of rotatable bonds is 10. The number of hydrogen-bond acceptors (Lipinski definition) is 6. The SMILES string of the molecule is O=C(NC(CCN1CC[C@@H](CCc2ccc3c(n2)NCCC3)C1)C(=O)O)c1ccc2c(cnn2C(F)F)c1. The number of amides is 1. The second-order valence-electron chi connectivity index (χ2n) is 10.1. The number of carboxylic acid groups (broad SMARTS) is 1. The molecule has 0 aliphatic carbocycles. The quantitative estimate of drug-likeness (QED) is 0.369. The number of nitrogens with zero attached hydrogens (tertiary/aromatic N) is 4. The molecule has 3 N–H and O–H groups in total. The maximum Gasteiger partial charge on any atom is 0.333 e. The smallest absolute Gasteiger partial charge is 0.333 e. The third-order valence-electron chi connectivity index (χ3n) is 7.51. The number of carboxylic acids is 1. The Balaban J connectivity index is 1.10. The highest BCUT2D eigenvalue weighted by Gasteiger charge is 2.26. The van der Waals surface area contributed by atoms with Gasteiger partial charge in [-0.15, -0.1) is 0 Å². The molecule has 3 aromatic rings. The summed E-state index contributed by atoms with van der Waals surface area (Å²) < 4.78 is 26.6. The second kappa shape index (κ2) is 11.4. The molecule has 1 fully saturated rings. The number of likely N-dealkylation sites (tertiary alicyclic amines) is 1. The fourth-order valence-electron chi connectivity index (χ4n) is 5.37. The van der Waals surface area contributed by atoms with Crippen molar-refractivity contribution < 1.29 is 23.5 Å². The van der Waals surface area contributed by atoms with Crippen molar-refractivity contribution in [3.8, 4) is 0 Å². The van der Waals surface area contributed by atoms with Gasteiger partial charge in [0.2, 0.25) is 0 Å². The zero-order chi connectivity index (χ0) is 26.6. The van der Waals surface area contributed by atoms with Crippen molar-refractivity contribution >= 4 is 28.6 Å². The molecule has 1 unspecified atom stereocenters. The lowest BCUT2D eigenvalue weighted by atomic mass is 10.00. The van der Waals surface area contributed by atoms with E-state index >= 15 is 0 Å². The van der Waals surface area contributed by atoms with Crippen LogP contribution in [-0.4, -0.2) is 68.9 Å². The largest absolute Gasteiger partial charge is 0.480 e. The molecule has 0 saturated carbocycles. The van der Waals surface area contributed by atoms with E-state index in [4.69, 9.17) is 4.98 Å². The van der Waals surface area contributed by atoms with Gasteiger partial charge in [0, 0.05) is 36.3 Å². The Kier molecular flexibility index (Phi) is 7.82. The van der Waals surface area contributed by atoms with Gasteiger partial charge in [0.1, 0.15) is 11.9 Å². The Morgan fingerprint density at radius 1 is 1.24 bits per heavy atom. The van der Waals surface area contributed by atoms with Gasteiger partial charge >= 0.3 is 12.5 Å². The highest BCUT2D eigenvalue weighted by Crippen LogP contribution is 2.25. The molecule has 202 valence electrons. The number of anilines is 1. The number of carbonyl (C=O) groups is 2. The van der Waals surface area contributed by atoms with E-state index in [1.165, 1.54) is 30.0 Å². The summed E-state index contributed by atoms with van der Waals surface area (Å²) >= 11 is 0. The number of fused-ring (bicyclic) bond motifs is 2. The van der Waals surface area contributed by atoms with Crippen molar-refractivity contribution in [1.29, 1.82) is 0 Å². The lowest BCUT2D eigenvalue weighted by molar-refractivity contribution is -0.139. The number of aryl methyl sites for hydroxylation is 2. The van der Waals surface area contributed by atoms with E-state index in [-0.39, 0.29) is 17.5 Å².